The molecule has 90 valence electrons. The predicted octanol–water partition coefficient (Wildman–Crippen LogP) is 3.71. The molecular formula is C12H8Cl2N4. The van der Waals surface area contributed by atoms with Gasteiger partial charge in [-0.25, -0.2) is 9.97 Å². The Labute approximate surface area is 114 Å². The number of halogens is 2. The van der Waals surface area contributed by atoms with Gasteiger partial charge in [0.2, 0.25) is 5.28 Å². The molecule has 1 heterocycles. The molecule has 0 atom stereocenters. The number of anilines is 2. The fourth-order valence-corrected chi connectivity index (χ4v) is 1.66. The van der Waals surface area contributed by atoms with Crippen LogP contribution in [0.25, 0.3) is 0 Å². The quantitative estimate of drug-likeness (QED) is 0.851. The van der Waals surface area contributed by atoms with Crippen LogP contribution in [-0.4, -0.2) is 9.97 Å². The molecule has 0 radical (unpaired) electrons. The van der Waals surface area contributed by atoms with Gasteiger partial charge in [0.25, 0.3) is 0 Å². The van der Waals surface area contributed by atoms with Gasteiger partial charge in [0.15, 0.2) is 0 Å². The zero-order chi connectivity index (χ0) is 13.1. The van der Waals surface area contributed by atoms with Crippen LogP contribution in [0.1, 0.15) is 11.1 Å². The number of hydrogen-bond acceptors (Lipinski definition) is 4. The Morgan fingerprint density at radius 3 is 2.83 bits per heavy atom. The molecule has 1 aromatic carbocycles. The van der Waals surface area contributed by atoms with Gasteiger partial charge in [-0.3, -0.25) is 0 Å². The molecule has 0 unspecified atom stereocenters. The SMILES string of the molecule is Cc1cnc(Cl)nc1Nc1cc(C#N)ccc1Cl. The van der Waals surface area contributed by atoms with Gasteiger partial charge in [-0.1, -0.05) is 11.6 Å². The number of benzene rings is 1. The van der Waals surface area contributed by atoms with Gasteiger partial charge in [-0.05, 0) is 36.7 Å². The number of rotatable bonds is 2. The van der Waals surface area contributed by atoms with E-state index >= 15 is 0 Å². The molecular weight excluding hydrogens is 271 g/mol. The molecule has 1 aromatic heterocycles. The molecule has 0 spiro atoms. The summed E-state index contributed by atoms with van der Waals surface area (Å²) < 4.78 is 0. The van der Waals surface area contributed by atoms with Crippen LogP contribution in [0.5, 0.6) is 0 Å². The van der Waals surface area contributed by atoms with Crippen molar-refractivity contribution in [3.8, 4) is 6.07 Å². The van der Waals surface area contributed by atoms with Crippen LogP contribution in [0.15, 0.2) is 24.4 Å². The minimum absolute atomic E-state index is 0.149. The van der Waals surface area contributed by atoms with Crippen molar-refractivity contribution in [2.45, 2.75) is 6.92 Å². The van der Waals surface area contributed by atoms with Crippen LogP contribution in [0.2, 0.25) is 10.3 Å². The first-order chi connectivity index (χ1) is 8.60. The Morgan fingerprint density at radius 1 is 1.33 bits per heavy atom. The van der Waals surface area contributed by atoms with E-state index < -0.39 is 0 Å². The first-order valence-electron chi connectivity index (χ1n) is 5.06. The lowest BCUT2D eigenvalue weighted by molar-refractivity contribution is 1.13. The molecule has 6 heteroatoms. The molecule has 0 saturated heterocycles. The maximum absolute atomic E-state index is 8.85. The van der Waals surface area contributed by atoms with Crippen LogP contribution >= 0.6 is 23.2 Å². The molecule has 0 saturated carbocycles. The van der Waals surface area contributed by atoms with Crippen molar-refractivity contribution < 1.29 is 0 Å². The van der Waals surface area contributed by atoms with Gasteiger partial charge >= 0.3 is 0 Å². The lowest BCUT2D eigenvalue weighted by Gasteiger charge is -2.10. The highest BCUT2D eigenvalue weighted by atomic mass is 35.5. The maximum Gasteiger partial charge on any atom is 0.224 e. The number of hydrogen-bond donors (Lipinski definition) is 1. The van der Waals surface area contributed by atoms with Crippen LogP contribution in [0.3, 0.4) is 0 Å². The summed E-state index contributed by atoms with van der Waals surface area (Å²) in [6.07, 6.45) is 1.61. The molecule has 2 rings (SSSR count). The summed E-state index contributed by atoms with van der Waals surface area (Å²) in [6, 6.07) is 7.00. The third-order valence-corrected chi connectivity index (χ3v) is 2.80. The van der Waals surface area contributed by atoms with Crippen molar-refractivity contribution in [1.29, 1.82) is 5.26 Å². The van der Waals surface area contributed by atoms with Crippen molar-refractivity contribution in [3.63, 3.8) is 0 Å². The third-order valence-electron chi connectivity index (χ3n) is 2.29. The van der Waals surface area contributed by atoms with E-state index in [2.05, 4.69) is 15.3 Å². The Bertz CT molecular complexity index is 634. The predicted molar refractivity (Wildman–Crippen MR) is 71.2 cm³/mol. The molecule has 0 aliphatic carbocycles. The fraction of sp³-hybridized carbons (Fsp3) is 0.0833. The summed E-state index contributed by atoms with van der Waals surface area (Å²) >= 11 is 11.8. The number of nitriles is 1. The van der Waals surface area contributed by atoms with Gasteiger partial charge in [-0.15, -0.1) is 0 Å². The molecule has 18 heavy (non-hydrogen) atoms. The van der Waals surface area contributed by atoms with Gasteiger partial charge in [0, 0.05) is 11.8 Å². The normalized spacial score (nSPS) is 9.89. The molecule has 1 N–H and O–H groups in total. The van der Waals surface area contributed by atoms with Crippen molar-refractivity contribution in [2.24, 2.45) is 0 Å². The van der Waals surface area contributed by atoms with E-state index in [1.807, 2.05) is 13.0 Å². The summed E-state index contributed by atoms with van der Waals surface area (Å²) in [5, 5.41) is 12.5. The average molecular weight is 279 g/mol. The van der Waals surface area contributed by atoms with Crippen molar-refractivity contribution in [2.75, 3.05) is 5.32 Å². The maximum atomic E-state index is 8.85. The highest BCUT2D eigenvalue weighted by Crippen LogP contribution is 2.27. The van der Waals surface area contributed by atoms with Crippen LogP contribution in [-0.2, 0) is 0 Å². The summed E-state index contributed by atoms with van der Waals surface area (Å²) in [6.45, 7) is 1.85. The van der Waals surface area contributed by atoms with Crippen LogP contribution in [0, 0.1) is 18.3 Å². The molecule has 0 bridgehead atoms. The summed E-state index contributed by atoms with van der Waals surface area (Å²) in [7, 11) is 0. The standard InChI is InChI=1S/C12H8Cl2N4/c1-7-6-16-12(14)18-11(7)17-10-4-8(5-15)2-3-9(10)13/h2-4,6H,1H3,(H,16,17,18). The van der Waals surface area contributed by atoms with E-state index in [-0.39, 0.29) is 5.28 Å². The second-order valence-electron chi connectivity index (χ2n) is 3.60. The Hall–Kier alpha value is -1.83. The molecule has 2 aromatic rings. The zero-order valence-corrected chi connectivity index (χ0v) is 10.9. The number of aryl methyl sites for hydroxylation is 1. The topological polar surface area (TPSA) is 61.6 Å². The lowest BCUT2D eigenvalue weighted by Crippen LogP contribution is -1.99. The second-order valence-corrected chi connectivity index (χ2v) is 4.35. The number of aromatic nitrogens is 2. The third kappa shape index (κ3) is 2.70. The Balaban J connectivity index is 2.39. The Kier molecular flexibility index (Phi) is 3.66. The van der Waals surface area contributed by atoms with E-state index in [1.165, 1.54) is 0 Å². The van der Waals surface area contributed by atoms with Crippen LogP contribution < -0.4 is 5.32 Å². The summed E-state index contributed by atoms with van der Waals surface area (Å²) in [4.78, 5) is 7.93. The van der Waals surface area contributed by atoms with E-state index in [1.54, 1.807) is 24.4 Å². The Morgan fingerprint density at radius 2 is 2.11 bits per heavy atom. The van der Waals surface area contributed by atoms with Crippen molar-refractivity contribution >= 4 is 34.7 Å². The highest BCUT2D eigenvalue weighted by molar-refractivity contribution is 6.33. The van der Waals surface area contributed by atoms with Gasteiger partial charge in [-0.2, -0.15) is 5.26 Å². The second kappa shape index (κ2) is 5.21. The van der Waals surface area contributed by atoms with E-state index in [4.69, 9.17) is 28.5 Å². The van der Waals surface area contributed by atoms with E-state index in [0.29, 0.717) is 22.1 Å². The molecule has 0 fully saturated rings. The first-order valence-corrected chi connectivity index (χ1v) is 5.81. The number of nitrogens with zero attached hydrogens (tertiary/aromatic N) is 3. The van der Waals surface area contributed by atoms with Crippen molar-refractivity contribution in [3.05, 3.63) is 45.8 Å². The minimum atomic E-state index is 0.149. The lowest BCUT2D eigenvalue weighted by atomic mass is 10.2. The van der Waals surface area contributed by atoms with Gasteiger partial charge in [0.1, 0.15) is 5.82 Å². The summed E-state index contributed by atoms with van der Waals surface area (Å²) in [5.74, 6) is 0.562. The number of nitrogens with one attached hydrogen (secondary N) is 1. The average Bonchev–Trinajstić information content (AvgIpc) is 2.36. The fourth-order valence-electron chi connectivity index (χ4n) is 1.37. The first kappa shape index (κ1) is 12.6. The van der Waals surface area contributed by atoms with E-state index in [9.17, 15) is 0 Å². The summed E-state index contributed by atoms with van der Waals surface area (Å²) in [5.41, 5.74) is 1.95. The minimum Gasteiger partial charge on any atom is -0.339 e. The monoisotopic (exact) mass is 278 g/mol. The van der Waals surface area contributed by atoms with E-state index in [0.717, 1.165) is 5.56 Å². The van der Waals surface area contributed by atoms with Crippen LogP contribution in [0.4, 0.5) is 11.5 Å². The zero-order valence-electron chi connectivity index (χ0n) is 9.41. The van der Waals surface area contributed by atoms with Gasteiger partial charge < -0.3 is 5.32 Å². The van der Waals surface area contributed by atoms with Crippen molar-refractivity contribution in [1.82, 2.24) is 9.97 Å². The molecule has 0 aliphatic heterocycles. The smallest absolute Gasteiger partial charge is 0.224 e. The molecule has 0 aliphatic rings. The largest absolute Gasteiger partial charge is 0.339 e. The highest BCUT2D eigenvalue weighted by Gasteiger charge is 2.06. The molecule has 0 amide bonds. The molecule has 4 nitrogen and oxygen atoms in total. The van der Waals surface area contributed by atoms with Gasteiger partial charge in [0.05, 0.1) is 22.3 Å².